The molecule has 2 unspecified atom stereocenters. The number of para-hydroxylation sites is 1. The molecule has 0 aliphatic heterocycles. The summed E-state index contributed by atoms with van der Waals surface area (Å²) in [5, 5.41) is 20.5. The number of aliphatic hydroxyl groups excluding tert-OH is 1. The quantitative estimate of drug-likeness (QED) is 0.644. The molecule has 4 nitrogen and oxygen atoms in total. The van der Waals surface area contributed by atoms with Crippen LogP contribution in [0, 0.1) is 16.0 Å². The van der Waals surface area contributed by atoms with Gasteiger partial charge in [-0.15, -0.1) is 0 Å². The Labute approximate surface area is 100 Å². The van der Waals surface area contributed by atoms with Crippen molar-refractivity contribution in [2.75, 3.05) is 0 Å². The number of hydrogen-bond acceptors (Lipinski definition) is 3. The van der Waals surface area contributed by atoms with E-state index in [0.29, 0.717) is 12.3 Å². The van der Waals surface area contributed by atoms with Crippen molar-refractivity contribution in [3.63, 3.8) is 0 Å². The van der Waals surface area contributed by atoms with Crippen LogP contribution in [0.25, 0.3) is 0 Å². The zero-order chi connectivity index (χ0) is 12.3. The lowest BCUT2D eigenvalue weighted by Crippen LogP contribution is -2.13. The molecule has 0 amide bonds. The van der Waals surface area contributed by atoms with Gasteiger partial charge in [0.2, 0.25) is 0 Å². The second-order valence-corrected chi connectivity index (χ2v) is 4.68. The molecule has 0 heterocycles. The van der Waals surface area contributed by atoms with E-state index in [4.69, 9.17) is 0 Å². The molecule has 1 fully saturated rings. The minimum Gasteiger partial charge on any atom is -0.393 e. The first-order valence-electron chi connectivity index (χ1n) is 6.09. The van der Waals surface area contributed by atoms with Crippen LogP contribution < -0.4 is 0 Å². The maximum absolute atomic E-state index is 10.8. The minimum absolute atomic E-state index is 0.194. The van der Waals surface area contributed by atoms with Gasteiger partial charge in [-0.3, -0.25) is 10.1 Å². The number of nitro benzene ring substituents is 1. The lowest BCUT2D eigenvalue weighted by atomic mass is 9.96. The molecule has 0 radical (unpaired) electrons. The molecule has 2 rings (SSSR count). The van der Waals surface area contributed by atoms with Crippen molar-refractivity contribution in [3.05, 3.63) is 39.9 Å². The Morgan fingerprint density at radius 3 is 2.76 bits per heavy atom. The Hall–Kier alpha value is -1.42. The van der Waals surface area contributed by atoms with Gasteiger partial charge in [0.1, 0.15) is 0 Å². The van der Waals surface area contributed by atoms with Gasteiger partial charge in [0.05, 0.1) is 11.0 Å². The summed E-state index contributed by atoms with van der Waals surface area (Å²) in [5.41, 5.74) is 0.969. The van der Waals surface area contributed by atoms with Gasteiger partial charge in [-0.25, -0.2) is 0 Å². The average molecular weight is 235 g/mol. The number of benzene rings is 1. The predicted molar refractivity (Wildman–Crippen MR) is 64.8 cm³/mol. The number of hydrogen-bond donors (Lipinski definition) is 1. The summed E-state index contributed by atoms with van der Waals surface area (Å²) in [5.74, 6) is 0.315. The molecule has 1 aromatic carbocycles. The van der Waals surface area contributed by atoms with Crippen LogP contribution in [0.15, 0.2) is 24.3 Å². The zero-order valence-electron chi connectivity index (χ0n) is 9.71. The van der Waals surface area contributed by atoms with Gasteiger partial charge < -0.3 is 5.11 Å². The van der Waals surface area contributed by atoms with Gasteiger partial charge in [0, 0.05) is 11.6 Å². The Kier molecular flexibility index (Phi) is 3.74. The third-order valence-corrected chi connectivity index (χ3v) is 3.59. The number of aryl methyl sites for hydroxylation is 1. The largest absolute Gasteiger partial charge is 0.393 e. The van der Waals surface area contributed by atoms with E-state index >= 15 is 0 Å². The first-order valence-corrected chi connectivity index (χ1v) is 6.09. The number of nitro groups is 1. The van der Waals surface area contributed by atoms with Gasteiger partial charge in [-0.1, -0.05) is 24.6 Å². The maximum Gasteiger partial charge on any atom is 0.272 e. The van der Waals surface area contributed by atoms with E-state index in [9.17, 15) is 15.2 Å². The van der Waals surface area contributed by atoms with Gasteiger partial charge in [-0.05, 0) is 31.6 Å². The molecule has 0 saturated heterocycles. The van der Waals surface area contributed by atoms with E-state index in [1.165, 1.54) is 0 Å². The molecular weight excluding hydrogens is 218 g/mol. The van der Waals surface area contributed by atoms with Crippen LogP contribution in [0.5, 0.6) is 0 Å². The summed E-state index contributed by atoms with van der Waals surface area (Å²) in [7, 11) is 0. The molecular formula is C13H17NO3. The van der Waals surface area contributed by atoms with Crippen molar-refractivity contribution in [1.82, 2.24) is 0 Å². The normalized spacial score (nSPS) is 23.8. The van der Waals surface area contributed by atoms with Gasteiger partial charge in [0.15, 0.2) is 0 Å². The van der Waals surface area contributed by atoms with E-state index in [0.717, 1.165) is 31.2 Å². The predicted octanol–water partition coefficient (Wildman–Crippen LogP) is 2.69. The molecule has 1 N–H and O–H groups in total. The van der Waals surface area contributed by atoms with Crippen molar-refractivity contribution in [2.24, 2.45) is 5.92 Å². The third kappa shape index (κ3) is 2.82. The Balaban J connectivity index is 2.01. The Morgan fingerprint density at radius 1 is 1.35 bits per heavy atom. The highest BCUT2D eigenvalue weighted by molar-refractivity contribution is 5.39. The average Bonchev–Trinajstić information content (AvgIpc) is 2.72. The highest BCUT2D eigenvalue weighted by atomic mass is 16.6. The highest BCUT2D eigenvalue weighted by Gasteiger charge is 2.25. The topological polar surface area (TPSA) is 63.4 Å². The van der Waals surface area contributed by atoms with E-state index < -0.39 is 0 Å². The number of nitrogens with zero attached hydrogens (tertiary/aromatic N) is 1. The van der Waals surface area contributed by atoms with Crippen LogP contribution in [0.1, 0.15) is 31.2 Å². The molecule has 92 valence electrons. The lowest BCUT2D eigenvalue weighted by Gasteiger charge is -2.13. The molecule has 0 spiro atoms. The van der Waals surface area contributed by atoms with Gasteiger partial charge >= 0.3 is 0 Å². The Bertz CT molecular complexity index is 405. The van der Waals surface area contributed by atoms with Crippen molar-refractivity contribution in [3.8, 4) is 0 Å². The maximum atomic E-state index is 10.8. The van der Waals surface area contributed by atoms with Gasteiger partial charge in [0.25, 0.3) is 5.69 Å². The van der Waals surface area contributed by atoms with E-state index in [2.05, 4.69) is 0 Å². The standard InChI is InChI=1S/C13H17NO3/c15-13-7-3-5-11(13)9-8-10-4-1-2-6-12(10)14(16)17/h1-2,4,6,11,13,15H,3,5,7-9H2. The lowest BCUT2D eigenvalue weighted by molar-refractivity contribution is -0.385. The second kappa shape index (κ2) is 5.27. The number of aliphatic hydroxyl groups is 1. The second-order valence-electron chi connectivity index (χ2n) is 4.68. The van der Waals surface area contributed by atoms with E-state index in [-0.39, 0.29) is 16.7 Å². The van der Waals surface area contributed by atoms with E-state index in [1.807, 2.05) is 6.07 Å². The summed E-state index contributed by atoms with van der Waals surface area (Å²) in [6.07, 6.45) is 4.30. The fourth-order valence-electron chi connectivity index (χ4n) is 2.60. The highest BCUT2D eigenvalue weighted by Crippen LogP contribution is 2.30. The van der Waals surface area contributed by atoms with E-state index in [1.54, 1.807) is 18.2 Å². The summed E-state index contributed by atoms with van der Waals surface area (Å²) in [6.45, 7) is 0. The molecule has 1 saturated carbocycles. The van der Waals surface area contributed by atoms with Crippen LogP contribution in [0.2, 0.25) is 0 Å². The molecule has 1 aliphatic carbocycles. The van der Waals surface area contributed by atoms with Crippen LogP contribution in [0.3, 0.4) is 0 Å². The fraction of sp³-hybridized carbons (Fsp3) is 0.538. The SMILES string of the molecule is O=[N+]([O-])c1ccccc1CCC1CCCC1O. The molecule has 1 aromatic rings. The van der Waals surface area contributed by atoms with Crippen molar-refractivity contribution < 1.29 is 10.0 Å². The van der Waals surface area contributed by atoms with Crippen LogP contribution in [0.4, 0.5) is 5.69 Å². The van der Waals surface area contributed by atoms with Crippen molar-refractivity contribution in [2.45, 2.75) is 38.2 Å². The molecule has 1 aliphatic rings. The van der Waals surface area contributed by atoms with Crippen LogP contribution in [-0.2, 0) is 6.42 Å². The molecule has 4 heteroatoms. The first-order chi connectivity index (χ1) is 8.18. The monoisotopic (exact) mass is 235 g/mol. The third-order valence-electron chi connectivity index (χ3n) is 3.59. The Morgan fingerprint density at radius 2 is 2.12 bits per heavy atom. The van der Waals surface area contributed by atoms with Crippen LogP contribution in [-0.4, -0.2) is 16.1 Å². The van der Waals surface area contributed by atoms with Crippen molar-refractivity contribution in [1.29, 1.82) is 0 Å². The van der Waals surface area contributed by atoms with Gasteiger partial charge in [-0.2, -0.15) is 0 Å². The summed E-state index contributed by atoms with van der Waals surface area (Å²) in [6, 6.07) is 6.86. The summed E-state index contributed by atoms with van der Waals surface area (Å²) in [4.78, 5) is 10.5. The zero-order valence-corrected chi connectivity index (χ0v) is 9.71. The van der Waals surface area contributed by atoms with Crippen molar-refractivity contribution >= 4 is 5.69 Å². The fourth-order valence-corrected chi connectivity index (χ4v) is 2.60. The smallest absolute Gasteiger partial charge is 0.272 e. The molecule has 0 bridgehead atoms. The molecule has 0 aromatic heterocycles. The molecule has 2 atom stereocenters. The summed E-state index contributed by atoms with van der Waals surface area (Å²) < 4.78 is 0. The number of rotatable bonds is 4. The molecule has 17 heavy (non-hydrogen) atoms. The minimum atomic E-state index is -0.333. The summed E-state index contributed by atoms with van der Waals surface area (Å²) >= 11 is 0. The first kappa shape index (κ1) is 12.0. The van der Waals surface area contributed by atoms with Crippen LogP contribution >= 0.6 is 0 Å².